The van der Waals surface area contributed by atoms with Gasteiger partial charge < -0.3 is 13.8 Å². The summed E-state index contributed by atoms with van der Waals surface area (Å²) in [7, 11) is -1.96. The van der Waals surface area contributed by atoms with Crippen molar-refractivity contribution in [1.82, 2.24) is 5.48 Å². The molecule has 0 aliphatic rings. The second kappa shape index (κ2) is 13.0. The molecule has 7 nitrogen and oxygen atoms in total. The highest BCUT2D eigenvalue weighted by Gasteiger charge is 2.38. The summed E-state index contributed by atoms with van der Waals surface area (Å²) >= 11 is 12.3. The van der Waals surface area contributed by atoms with Crippen LogP contribution in [0.25, 0.3) is 0 Å². The summed E-state index contributed by atoms with van der Waals surface area (Å²) in [6.45, 7) is 7.36. The number of ketones is 1. The fourth-order valence-electron chi connectivity index (χ4n) is 3.44. The van der Waals surface area contributed by atoms with Crippen molar-refractivity contribution in [3.63, 3.8) is 0 Å². The lowest BCUT2D eigenvalue weighted by Crippen LogP contribution is -2.39. The van der Waals surface area contributed by atoms with Gasteiger partial charge in [-0.15, -0.1) is 0 Å². The molecule has 0 radical (unpaired) electrons. The van der Waals surface area contributed by atoms with Crippen LogP contribution < -0.4 is 10.2 Å². The lowest BCUT2D eigenvalue weighted by Gasteiger charge is -2.29. The molecule has 2 aromatic carbocycles. The van der Waals surface area contributed by atoms with E-state index in [-0.39, 0.29) is 25.5 Å². The highest BCUT2D eigenvalue weighted by Crippen LogP contribution is 2.62. The molecule has 0 aromatic heterocycles. The van der Waals surface area contributed by atoms with Gasteiger partial charge in [-0.2, -0.15) is 0 Å². The fourth-order valence-corrected chi connectivity index (χ4v) is 5.87. The molecule has 1 N–H and O–H groups in total. The van der Waals surface area contributed by atoms with Crippen LogP contribution in [0.1, 0.15) is 50.9 Å². The quantitative estimate of drug-likeness (QED) is 0.164. The zero-order chi connectivity index (χ0) is 25.4. The van der Waals surface area contributed by atoms with Gasteiger partial charge in [0.1, 0.15) is 5.75 Å². The van der Waals surface area contributed by atoms with E-state index < -0.39 is 18.9 Å². The van der Waals surface area contributed by atoms with E-state index in [0.29, 0.717) is 33.3 Å². The number of carbonyl (C=O) groups is 1. The molecule has 0 aliphatic carbocycles. The van der Waals surface area contributed by atoms with Crippen molar-refractivity contribution in [3.8, 4) is 5.75 Å². The third kappa shape index (κ3) is 7.05. The number of carbonyl (C=O) groups excluding carboxylic acids is 1. The van der Waals surface area contributed by atoms with Crippen LogP contribution in [0.5, 0.6) is 5.75 Å². The Balaban J connectivity index is 2.22. The Morgan fingerprint density at radius 2 is 1.68 bits per heavy atom. The number of benzene rings is 2. The van der Waals surface area contributed by atoms with E-state index in [0.717, 1.165) is 0 Å². The standard InChI is InChI=1S/C24H32Cl2NO6P/c1-6-31-34(29,32-7-2)23(18-8-13-21(25)22(26)16-18)14-15-27-33-24(4,17(3)28)19-9-11-20(30-5)12-10-19/h8-13,16,23,27H,6-7,14-15H2,1-5H3. The fraction of sp³-hybridized carbons (Fsp3) is 0.458. The number of ether oxygens (including phenoxy) is 1. The summed E-state index contributed by atoms with van der Waals surface area (Å²) < 4.78 is 30.0. The van der Waals surface area contributed by atoms with E-state index >= 15 is 0 Å². The van der Waals surface area contributed by atoms with Gasteiger partial charge in [-0.3, -0.25) is 14.2 Å². The minimum Gasteiger partial charge on any atom is -0.497 e. The molecular formula is C24H32Cl2NO6P. The molecule has 0 saturated carbocycles. The predicted octanol–water partition coefficient (Wildman–Crippen LogP) is 6.72. The number of hydrogen-bond acceptors (Lipinski definition) is 7. The van der Waals surface area contributed by atoms with Gasteiger partial charge in [-0.1, -0.05) is 41.4 Å². The molecule has 0 saturated heterocycles. The van der Waals surface area contributed by atoms with Crippen LogP contribution >= 0.6 is 30.8 Å². The van der Waals surface area contributed by atoms with Crippen LogP contribution in [-0.2, 0) is 28.8 Å². The van der Waals surface area contributed by atoms with Gasteiger partial charge in [0.15, 0.2) is 11.4 Å². The zero-order valence-electron chi connectivity index (χ0n) is 20.1. The lowest BCUT2D eigenvalue weighted by molar-refractivity contribution is -0.153. The molecule has 0 amide bonds. The Morgan fingerprint density at radius 3 is 2.18 bits per heavy atom. The average Bonchev–Trinajstić information content (AvgIpc) is 2.81. The van der Waals surface area contributed by atoms with E-state index in [4.69, 9.17) is 41.8 Å². The van der Waals surface area contributed by atoms with E-state index in [1.807, 2.05) is 0 Å². The number of rotatable bonds is 14. The first-order valence-corrected chi connectivity index (χ1v) is 13.4. The predicted molar refractivity (Wildman–Crippen MR) is 135 cm³/mol. The molecule has 0 spiro atoms. The molecule has 2 atom stereocenters. The summed E-state index contributed by atoms with van der Waals surface area (Å²) in [5.41, 5.74) is 2.37. The first kappa shape index (κ1) is 28.8. The van der Waals surface area contributed by atoms with Crippen LogP contribution in [0.15, 0.2) is 42.5 Å². The number of hydroxylamine groups is 1. The Labute approximate surface area is 211 Å². The number of halogens is 2. The highest BCUT2D eigenvalue weighted by atomic mass is 35.5. The van der Waals surface area contributed by atoms with Crippen molar-refractivity contribution in [2.45, 2.75) is 45.4 Å². The van der Waals surface area contributed by atoms with Crippen molar-refractivity contribution < 1.29 is 28.0 Å². The topological polar surface area (TPSA) is 83.1 Å². The molecule has 2 unspecified atom stereocenters. The third-order valence-corrected chi connectivity index (χ3v) is 8.73. The van der Waals surface area contributed by atoms with E-state index in [1.54, 1.807) is 70.3 Å². The Bertz CT molecular complexity index is 993. The summed E-state index contributed by atoms with van der Waals surface area (Å²) in [6.07, 6.45) is 0.325. The highest BCUT2D eigenvalue weighted by molar-refractivity contribution is 7.54. The molecule has 188 valence electrons. The van der Waals surface area contributed by atoms with Gasteiger partial charge in [-0.05, 0) is 69.5 Å². The monoisotopic (exact) mass is 531 g/mol. The minimum atomic E-state index is -3.53. The Kier molecular flexibility index (Phi) is 11.0. The second-order valence-corrected chi connectivity index (χ2v) is 10.7. The van der Waals surface area contributed by atoms with Crippen molar-refractivity contribution in [3.05, 3.63) is 63.6 Å². The van der Waals surface area contributed by atoms with Gasteiger partial charge >= 0.3 is 7.60 Å². The Hall–Kier alpha value is -1.44. The molecule has 0 heterocycles. The maximum atomic E-state index is 13.6. The molecular weight excluding hydrogens is 500 g/mol. The number of hydrogen-bond donors (Lipinski definition) is 1. The first-order chi connectivity index (χ1) is 16.1. The van der Waals surface area contributed by atoms with Gasteiger partial charge in [-0.25, -0.2) is 5.48 Å². The molecule has 0 fully saturated rings. The number of methoxy groups -OCH3 is 1. The summed E-state index contributed by atoms with van der Waals surface area (Å²) in [5.74, 6) is 0.496. The van der Waals surface area contributed by atoms with Gasteiger partial charge in [0, 0.05) is 6.54 Å². The third-order valence-electron chi connectivity index (χ3n) is 5.44. The van der Waals surface area contributed by atoms with E-state index in [2.05, 4.69) is 5.48 Å². The van der Waals surface area contributed by atoms with Crippen molar-refractivity contribution in [2.75, 3.05) is 26.9 Å². The second-order valence-electron chi connectivity index (χ2n) is 7.67. The summed E-state index contributed by atoms with van der Waals surface area (Å²) in [5, 5.41) is 0.738. The largest absolute Gasteiger partial charge is 0.497 e. The van der Waals surface area contributed by atoms with Crippen molar-refractivity contribution in [2.24, 2.45) is 0 Å². The van der Waals surface area contributed by atoms with Gasteiger partial charge in [0.2, 0.25) is 0 Å². The molecule has 2 aromatic rings. The number of Topliss-reactive ketones (excluding diaryl/α,β-unsaturated/α-hetero) is 1. The molecule has 10 heteroatoms. The van der Waals surface area contributed by atoms with Gasteiger partial charge in [0.05, 0.1) is 36.0 Å². The molecule has 0 bridgehead atoms. The minimum absolute atomic E-state index is 0.180. The smallest absolute Gasteiger partial charge is 0.338 e. The van der Waals surface area contributed by atoms with Gasteiger partial charge in [0.25, 0.3) is 0 Å². The normalized spacial score (nSPS) is 14.4. The van der Waals surface area contributed by atoms with Crippen LogP contribution in [-0.4, -0.2) is 32.7 Å². The van der Waals surface area contributed by atoms with Crippen LogP contribution in [0, 0.1) is 0 Å². The van der Waals surface area contributed by atoms with E-state index in [9.17, 15) is 9.36 Å². The Morgan fingerprint density at radius 1 is 1.06 bits per heavy atom. The van der Waals surface area contributed by atoms with Crippen molar-refractivity contribution >= 4 is 36.6 Å². The summed E-state index contributed by atoms with van der Waals surface area (Å²) in [4.78, 5) is 18.3. The molecule has 34 heavy (non-hydrogen) atoms. The van der Waals surface area contributed by atoms with Crippen LogP contribution in [0.4, 0.5) is 0 Å². The van der Waals surface area contributed by atoms with Crippen LogP contribution in [0.2, 0.25) is 10.0 Å². The SMILES string of the molecule is CCOP(=O)(OCC)C(CCNOC(C)(C(C)=O)c1ccc(OC)cc1)c1ccc(Cl)c(Cl)c1. The maximum Gasteiger partial charge on any atom is 0.338 e. The number of nitrogens with one attached hydrogen (secondary N) is 1. The molecule has 0 aliphatic heterocycles. The first-order valence-electron chi connectivity index (χ1n) is 11.0. The van der Waals surface area contributed by atoms with Crippen LogP contribution in [0.3, 0.4) is 0 Å². The summed E-state index contributed by atoms with van der Waals surface area (Å²) in [6, 6.07) is 12.1. The molecule has 2 rings (SSSR count). The lowest BCUT2D eigenvalue weighted by atomic mass is 9.92. The maximum absolute atomic E-state index is 13.6. The zero-order valence-corrected chi connectivity index (χ0v) is 22.5. The van der Waals surface area contributed by atoms with Crippen molar-refractivity contribution in [1.29, 1.82) is 0 Å². The van der Waals surface area contributed by atoms with E-state index in [1.165, 1.54) is 6.92 Å². The average molecular weight is 532 g/mol.